The second kappa shape index (κ2) is 13.9. The second-order valence-corrected chi connectivity index (χ2v) is 6.04. The highest BCUT2D eigenvalue weighted by molar-refractivity contribution is 14.0. The van der Waals surface area contributed by atoms with E-state index in [1.807, 2.05) is 0 Å². The molecule has 25 heavy (non-hydrogen) atoms. The number of piperidine rings is 1. The van der Waals surface area contributed by atoms with Crippen molar-refractivity contribution in [3.8, 4) is 0 Å². The van der Waals surface area contributed by atoms with Gasteiger partial charge in [0, 0.05) is 39.3 Å². The van der Waals surface area contributed by atoms with Crippen molar-refractivity contribution in [2.75, 3.05) is 46.4 Å². The van der Waals surface area contributed by atoms with E-state index in [0.29, 0.717) is 25.0 Å². The molecule has 0 aromatic carbocycles. The number of aliphatic imine (C=N–C) groups is 1. The summed E-state index contributed by atoms with van der Waals surface area (Å²) in [6, 6.07) is 0.682. The van der Waals surface area contributed by atoms with Gasteiger partial charge in [0.1, 0.15) is 6.61 Å². The van der Waals surface area contributed by atoms with Crippen LogP contribution in [0.1, 0.15) is 39.0 Å². The van der Waals surface area contributed by atoms with Gasteiger partial charge in [0.05, 0.1) is 0 Å². The fraction of sp³-hybridized carbons (Fsp3) is 0.938. The normalized spacial score (nSPS) is 19.4. The van der Waals surface area contributed by atoms with Gasteiger partial charge in [-0.1, -0.05) is 13.3 Å². The lowest BCUT2D eigenvalue weighted by Crippen LogP contribution is -2.46. The Morgan fingerprint density at radius 3 is 2.60 bits per heavy atom. The van der Waals surface area contributed by atoms with Gasteiger partial charge >= 0.3 is 6.18 Å². The van der Waals surface area contributed by atoms with E-state index < -0.39 is 12.8 Å². The van der Waals surface area contributed by atoms with Gasteiger partial charge in [-0.25, -0.2) is 0 Å². The third kappa shape index (κ3) is 11.8. The van der Waals surface area contributed by atoms with Gasteiger partial charge in [0.25, 0.3) is 0 Å². The standard InChI is InChI=1S/C16H31F3N4O.HI/c1-3-14-7-4-5-10-23(14)11-9-22-15(20-2)21-8-6-12-24-13-16(17,18)19;/h14H,3-13H2,1-2H3,(H2,20,21,22);1H. The van der Waals surface area contributed by atoms with Crippen LogP contribution in [-0.4, -0.2) is 69.5 Å². The van der Waals surface area contributed by atoms with Gasteiger partial charge in [-0.2, -0.15) is 13.2 Å². The van der Waals surface area contributed by atoms with Gasteiger partial charge in [-0.3, -0.25) is 9.89 Å². The fourth-order valence-electron chi connectivity index (χ4n) is 2.92. The molecule has 0 bridgehead atoms. The van der Waals surface area contributed by atoms with Crippen LogP contribution in [0.3, 0.4) is 0 Å². The van der Waals surface area contributed by atoms with Crippen molar-refractivity contribution < 1.29 is 17.9 Å². The highest BCUT2D eigenvalue weighted by Gasteiger charge is 2.27. The largest absolute Gasteiger partial charge is 0.411 e. The first-order valence-corrected chi connectivity index (χ1v) is 8.79. The Bertz CT molecular complexity index is 370. The number of halogens is 4. The molecule has 0 spiro atoms. The van der Waals surface area contributed by atoms with Crippen LogP contribution in [0.4, 0.5) is 13.2 Å². The summed E-state index contributed by atoms with van der Waals surface area (Å²) in [4.78, 5) is 6.64. The topological polar surface area (TPSA) is 48.9 Å². The second-order valence-electron chi connectivity index (χ2n) is 6.04. The van der Waals surface area contributed by atoms with Crippen LogP contribution in [0.25, 0.3) is 0 Å². The summed E-state index contributed by atoms with van der Waals surface area (Å²) in [6.07, 6.45) is 1.30. The maximum atomic E-state index is 11.9. The molecule has 1 heterocycles. The minimum Gasteiger partial charge on any atom is -0.372 e. The first-order valence-electron chi connectivity index (χ1n) is 8.79. The van der Waals surface area contributed by atoms with Crippen LogP contribution in [0, 0.1) is 0 Å². The molecule has 1 unspecified atom stereocenters. The monoisotopic (exact) mass is 480 g/mol. The number of guanidine groups is 1. The summed E-state index contributed by atoms with van der Waals surface area (Å²) in [5.41, 5.74) is 0. The van der Waals surface area contributed by atoms with Crippen molar-refractivity contribution in [2.24, 2.45) is 4.99 Å². The minimum absolute atomic E-state index is 0. The van der Waals surface area contributed by atoms with Gasteiger partial charge in [0.2, 0.25) is 0 Å². The first kappa shape index (κ1) is 24.7. The summed E-state index contributed by atoms with van der Waals surface area (Å²) < 4.78 is 40.3. The van der Waals surface area contributed by atoms with Crippen LogP contribution in [-0.2, 0) is 4.74 Å². The molecule has 0 aromatic heterocycles. The number of likely N-dealkylation sites (tertiary alicyclic amines) is 1. The Kier molecular flexibility index (Phi) is 13.7. The Labute approximate surface area is 166 Å². The Balaban J connectivity index is 0.00000576. The smallest absolute Gasteiger partial charge is 0.372 e. The van der Waals surface area contributed by atoms with Crippen molar-refractivity contribution in [1.29, 1.82) is 0 Å². The lowest BCUT2D eigenvalue weighted by molar-refractivity contribution is -0.173. The summed E-state index contributed by atoms with van der Waals surface area (Å²) in [6.45, 7) is 4.60. The Hall–Kier alpha value is -0.290. The van der Waals surface area contributed by atoms with Crippen molar-refractivity contribution in [3.63, 3.8) is 0 Å². The number of hydrogen-bond acceptors (Lipinski definition) is 3. The third-order valence-corrected chi connectivity index (χ3v) is 4.16. The van der Waals surface area contributed by atoms with Crippen molar-refractivity contribution >= 4 is 29.9 Å². The van der Waals surface area contributed by atoms with Crippen LogP contribution in [0.15, 0.2) is 4.99 Å². The molecule has 2 N–H and O–H groups in total. The van der Waals surface area contributed by atoms with Crippen molar-refractivity contribution in [1.82, 2.24) is 15.5 Å². The molecular formula is C16H32F3IN4O. The zero-order valence-corrected chi connectivity index (χ0v) is 17.5. The molecule has 0 radical (unpaired) electrons. The molecule has 1 aliphatic heterocycles. The molecule has 1 rings (SSSR count). The molecule has 1 atom stereocenters. The Morgan fingerprint density at radius 2 is 1.96 bits per heavy atom. The van der Waals surface area contributed by atoms with Crippen LogP contribution < -0.4 is 10.6 Å². The van der Waals surface area contributed by atoms with Crippen LogP contribution >= 0.6 is 24.0 Å². The van der Waals surface area contributed by atoms with E-state index in [4.69, 9.17) is 0 Å². The van der Waals surface area contributed by atoms with Gasteiger partial charge in [-0.15, -0.1) is 24.0 Å². The molecule has 150 valence electrons. The summed E-state index contributed by atoms with van der Waals surface area (Å²) in [5, 5.41) is 6.34. The van der Waals surface area contributed by atoms with E-state index in [2.05, 4.69) is 32.2 Å². The average Bonchev–Trinajstić information content (AvgIpc) is 2.55. The summed E-state index contributed by atoms with van der Waals surface area (Å²) in [7, 11) is 1.69. The molecule has 1 fully saturated rings. The molecule has 5 nitrogen and oxygen atoms in total. The predicted octanol–water partition coefficient (Wildman–Crippen LogP) is 3.00. The summed E-state index contributed by atoms with van der Waals surface area (Å²) in [5.74, 6) is 0.677. The highest BCUT2D eigenvalue weighted by atomic mass is 127. The molecule has 0 aliphatic carbocycles. The molecule has 0 amide bonds. The van der Waals surface area contributed by atoms with E-state index in [0.717, 1.165) is 19.6 Å². The quantitative estimate of drug-likeness (QED) is 0.231. The van der Waals surface area contributed by atoms with E-state index in [1.54, 1.807) is 7.05 Å². The lowest BCUT2D eigenvalue weighted by Gasteiger charge is -2.35. The minimum atomic E-state index is -4.25. The zero-order valence-electron chi connectivity index (χ0n) is 15.2. The van der Waals surface area contributed by atoms with Crippen LogP contribution in [0.5, 0.6) is 0 Å². The first-order chi connectivity index (χ1) is 11.5. The molecular weight excluding hydrogens is 448 g/mol. The number of nitrogens with zero attached hydrogens (tertiary/aromatic N) is 2. The maximum Gasteiger partial charge on any atom is 0.411 e. The number of alkyl halides is 3. The number of ether oxygens (including phenoxy) is 1. The highest BCUT2D eigenvalue weighted by Crippen LogP contribution is 2.18. The SMILES string of the molecule is CCC1CCCCN1CCNC(=NC)NCCCOCC(F)(F)F.I. The van der Waals surface area contributed by atoms with Crippen molar-refractivity contribution in [3.05, 3.63) is 0 Å². The van der Waals surface area contributed by atoms with Gasteiger partial charge < -0.3 is 15.4 Å². The number of nitrogens with one attached hydrogen (secondary N) is 2. The van der Waals surface area contributed by atoms with Gasteiger partial charge in [0.15, 0.2) is 5.96 Å². The summed E-state index contributed by atoms with van der Waals surface area (Å²) >= 11 is 0. The fourth-order valence-corrected chi connectivity index (χ4v) is 2.92. The lowest BCUT2D eigenvalue weighted by atomic mass is 10.0. The predicted molar refractivity (Wildman–Crippen MR) is 106 cm³/mol. The number of rotatable bonds is 9. The zero-order chi connectivity index (χ0) is 17.8. The van der Waals surface area contributed by atoms with Crippen LogP contribution in [0.2, 0.25) is 0 Å². The van der Waals surface area contributed by atoms with E-state index >= 15 is 0 Å². The van der Waals surface area contributed by atoms with Crippen molar-refractivity contribution in [2.45, 2.75) is 51.2 Å². The average molecular weight is 480 g/mol. The maximum absolute atomic E-state index is 11.9. The van der Waals surface area contributed by atoms with E-state index in [-0.39, 0.29) is 30.6 Å². The molecule has 0 aromatic rings. The molecule has 9 heteroatoms. The van der Waals surface area contributed by atoms with E-state index in [9.17, 15) is 13.2 Å². The molecule has 1 saturated heterocycles. The molecule has 0 saturated carbocycles. The Morgan fingerprint density at radius 1 is 1.24 bits per heavy atom. The van der Waals surface area contributed by atoms with Gasteiger partial charge in [-0.05, 0) is 32.2 Å². The third-order valence-electron chi connectivity index (χ3n) is 4.16. The number of hydrogen-bond donors (Lipinski definition) is 2. The molecule has 1 aliphatic rings. The van der Waals surface area contributed by atoms with E-state index in [1.165, 1.54) is 25.7 Å².